The van der Waals surface area contributed by atoms with Gasteiger partial charge in [-0.05, 0) is 74.5 Å². The maximum absolute atomic E-state index is 13.0. The second-order valence-corrected chi connectivity index (χ2v) is 10.8. The van der Waals surface area contributed by atoms with Crippen LogP contribution in [0.4, 0.5) is 4.39 Å². The molecule has 32 heavy (non-hydrogen) atoms. The molecule has 3 rings (SSSR count). The minimum absolute atomic E-state index is 0.114. The molecule has 0 aliphatic heterocycles. The van der Waals surface area contributed by atoms with E-state index in [0.29, 0.717) is 16.4 Å². The highest BCUT2D eigenvalue weighted by molar-refractivity contribution is 8.00. The van der Waals surface area contributed by atoms with Crippen molar-refractivity contribution in [1.29, 1.82) is 0 Å². The minimum atomic E-state index is -4.14. The number of benzene rings is 2. The Morgan fingerprint density at radius 2 is 1.69 bits per heavy atom. The van der Waals surface area contributed by atoms with E-state index in [1.165, 1.54) is 60.3 Å². The zero-order chi connectivity index (χ0) is 23.4. The van der Waals surface area contributed by atoms with Crippen molar-refractivity contribution in [2.45, 2.75) is 34.4 Å². The molecule has 0 bridgehead atoms. The summed E-state index contributed by atoms with van der Waals surface area (Å²) in [6, 6.07) is 12.9. The third-order valence-electron chi connectivity index (χ3n) is 4.41. The molecule has 0 aliphatic carbocycles. The maximum Gasteiger partial charge on any atom is 0.323 e. The van der Waals surface area contributed by atoms with Gasteiger partial charge in [-0.1, -0.05) is 0 Å². The van der Waals surface area contributed by atoms with Crippen LogP contribution in [0.2, 0.25) is 0 Å². The molecule has 168 valence electrons. The number of ether oxygens (including phenoxy) is 1. The lowest BCUT2D eigenvalue weighted by Crippen LogP contribution is -2.52. The van der Waals surface area contributed by atoms with Crippen LogP contribution in [0.15, 0.2) is 82.8 Å². The third-order valence-corrected chi connectivity index (χ3v) is 7.09. The molecule has 0 radical (unpaired) electrons. The van der Waals surface area contributed by atoms with Gasteiger partial charge in [0.1, 0.15) is 23.4 Å². The maximum atomic E-state index is 13.0. The molecule has 10 heteroatoms. The quantitative estimate of drug-likeness (QED) is 0.443. The second-order valence-electron chi connectivity index (χ2n) is 7.31. The van der Waals surface area contributed by atoms with Crippen molar-refractivity contribution in [3.05, 3.63) is 78.9 Å². The molecule has 0 saturated carbocycles. The molecule has 1 atom stereocenters. The standard InChI is InChI=1S/C22H21FN2O5S2/c1-22(2,31-18-4-3-13-24-14-18)20(21(26)27)25-32(28,29)19-11-9-17(10-12-19)30-16-7-5-15(23)6-8-16/h3-14,20,25H,1-2H3,(H,26,27). The fourth-order valence-electron chi connectivity index (χ4n) is 2.81. The Morgan fingerprint density at radius 1 is 1.09 bits per heavy atom. The van der Waals surface area contributed by atoms with Crippen molar-refractivity contribution >= 4 is 27.8 Å². The van der Waals surface area contributed by atoms with Gasteiger partial charge >= 0.3 is 5.97 Å². The SMILES string of the molecule is CC(C)(Sc1cccnc1)C(NS(=O)(=O)c1ccc(Oc2ccc(F)cc2)cc1)C(=O)O. The van der Waals surface area contributed by atoms with Crippen molar-refractivity contribution in [3.63, 3.8) is 0 Å². The zero-order valence-electron chi connectivity index (χ0n) is 17.2. The van der Waals surface area contributed by atoms with Crippen molar-refractivity contribution in [3.8, 4) is 11.5 Å². The Balaban J connectivity index is 1.76. The first-order valence-corrected chi connectivity index (χ1v) is 11.7. The number of nitrogens with zero attached hydrogens (tertiary/aromatic N) is 1. The van der Waals surface area contributed by atoms with E-state index < -0.39 is 32.6 Å². The molecule has 1 heterocycles. The smallest absolute Gasteiger partial charge is 0.323 e. The van der Waals surface area contributed by atoms with E-state index in [-0.39, 0.29) is 4.90 Å². The second kappa shape index (κ2) is 9.68. The molecule has 1 aromatic heterocycles. The minimum Gasteiger partial charge on any atom is -0.480 e. The third kappa shape index (κ3) is 6.06. The fraction of sp³-hybridized carbons (Fsp3) is 0.182. The number of rotatable bonds is 9. The number of aromatic nitrogens is 1. The Hall–Kier alpha value is -2.95. The summed E-state index contributed by atoms with van der Waals surface area (Å²) in [6.07, 6.45) is 3.18. The highest BCUT2D eigenvalue weighted by Gasteiger charge is 2.39. The van der Waals surface area contributed by atoms with Crippen LogP contribution in [0.1, 0.15) is 13.8 Å². The van der Waals surface area contributed by atoms with E-state index in [4.69, 9.17) is 4.74 Å². The van der Waals surface area contributed by atoms with E-state index in [1.807, 2.05) is 0 Å². The molecule has 0 spiro atoms. The van der Waals surface area contributed by atoms with Gasteiger partial charge in [0.05, 0.1) is 4.90 Å². The van der Waals surface area contributed by atoms with Gasteiger partial charge in [0.2, 0.25) is 10.0 Å². The first kappa shape index (κ1) is 23.7. The monoisotopic (exact) mass is 476 g/mol. The number of carboxylic acids is 1. The summed E-state index contributed by atoms with van der Waals surface area (Å²) < 4.78 is 45.6. The highest BCUT2D eigenvalue weighted by atomic mass is 32.2. The number of aliphatic carboxylic acids is 1. The molecule has 0 saturated heterocycles. The number of halogens is 1. The summed E-state index contributed by atoms with van der Waals surface area (Å²) in [5.41, 5.74) is 0. The van der Waals surface area contributed by atoms with Crippen LogP contribution in [-0.4, -0.2) is 35.3 Å². The Morgan fingerprint density at radius 3 is 2.22 bits per heavy atom. The van der Waals surface area contributed by atoms with Gasteiger partial charge in [-0.3, -0.25) is 9.78 Å². The molecule has 3 aromatic rings. The van der Waals surface area contributed by atoms with Crippen LogP contribution in [0.5, 0.6) is 11.5 Å². The van der Waals surface area contributed by atoms with Crippen LogP contribution >= 0.6 is 11.8 Å². The lowest BCUT2D eigenvalue weighted by atomic mass is 10.1. The topological polar surface area (TPSA) is 106 Å². The summed E-state index contributed by atoms with van der Waals surface area (Å²) in [7, 11) is -4.14. The van der Waals surface area contributed by atoms with E-state index in [2.05, 4.69) is 9.71 Å². The summed E-state index contributed by atoms with van der Waals surface area (Å²) in [5.74, 6) is -0.966. The van der Waals surface area contributed by atoms with Crippen molar-refractivity contribution < 1.29 is 27.4 Å². The van der Waals surface area contributed by atoms with Crippen LogP contribution in [0.3, 0.4) is 0 Å². The van der Waals surface area contributed by atoms with Gasteiger partial charge in [0, 0.05) is 22.0 Å². The van der Waals surface area contributed by atoms with E-state index in [0.717, 1.165) is 0 Å². The number of sulfonamides is 1. The highest BCUT2D eigenvalue weighted by Crippen LogP contribution is 2.35. The molecule has 2 aromatic carbocycles. The summed E-state index contributed by atoms with van der Waals surface area (Å²) in [5, 5.41) is 9.72. The number of pyridine rings is 1. The normalized spacial score (nSPS) is 12.8. The summed E-state index contributed by atoms with van der Waals surface area (Å²) in [6.45, 7) is 3.29. The average Bonchev–Trinajstić information content (AvgIpc) is 2.74. The predicted octanol–water partition coefficient (Wildman–Crippen LogP) is 4.32. The lowest BCUT2D eigenvalue weighted by molar-refractivity contribution is -0.139. The van der Waals surface area contributed by atoms with Gasteiger partial charge in [-0.25, -0.2) is 12.8 Å². The molecule has 7 nitrogen and oxygen atoms in total. The molecule has 0 aliphatic rings. The molecule has 0 fully saturated rings. The molecule has 0 amide bonds. The van der Waals surface area contributed by atoms with Crippen molar-refractivity contribution in [2.75, 3.05) is 0 Å². The first-order chi connectivity index (χ1) is 15.1. The van der Waals surface area contributed by atoms with E-state index in [1.54, 1.807) is 38.4 Å². The first-order valence-electron chi connectivity index (χ1n) is 9.44. The van der Waals surface area contributed by atoms with Gasteiger partial charge in [0.25, 0.3) is 0 Å². The molecular formula is C22H21FN2O5S2. The lowest BCUT2D eigenvalue weighted by Gasteiger charge is -2.31. The largest absolute Gasteiger partial charge is 0.480 e. The number of thioether (sulfide) groups is 1. The summed E-state index contributed by atoms with van der Waals surface area (Å²) in [4.78, 5) is 16.5. The number of carboxylic acid groups (broad SMARTS) is 1. The van der Waals surface area contributed by atoms with E-state index >= 15 is 0 Å². The fourth-order valence-corrected chi connectivity index (χ4v) is 5.36. The summed E-state index contributed by atoms with van der Waals surface area (Å²) >= 11 is 1.21. The van der Waals surface area contributed by atoms with Gasteiger partial charge in [-0.15, -0.1) is 11.8 Å². The number of carbonyl (C=O) groups is 1. The zero-order valence-corrected chi connectivity index (χ0v) is 18.9. The Labute approximate surface area is 189 Å². The van der Waals surface area contributed by atoms with Crippen LogP contribution in [0, 0.1) is 5.82 Å². The van der Waals surface area contributed by atoms with Crippen molar-refractivity contribution in [2.24, 2.45) is 0 Å². The molecular weight excluding hydrogens is 455 g/mol. The van der Waals surface area contributed by atoms with Gasteiger partial charge in [-0.2, -0.15) is 4.72 Å². The molecule has 2 N–H and O–H groups in total. The Kier molecular flexibility index (Phi) is 7.17. The van der Waals surface area contributed by atoms with Gasteiger partial charge < -0.3 is 9.84 Å². The van der Waals surface area contributed by atoms with Crippen molar-refractivity contribution in [1.82, 2.24) is 9.71 Å². The number of hydrogen-bond donors (Lipinski definition) is 2. The average molecular weight is 477 g/mol. The predicted molar refractivity (Wildman–Crippen MR) is 119 cm³/mol. The van der Waals surface area contributed by atoms with Gasteiger partial charge in [0.15, 0.2) is 0 Å². The molecule has 1 unspecified atom stereocenters. The number of nitrogens with one attached hydrogen (secondary N) is 1. The van der Waals surface area contributed by atoms with Crippen LogP contribution < -0.4 is 9.46 Å². The van der Waals surface area contributed by atoms with E-state index in [9.17, 15) is 22.7 Å². The van der Waals surface area contributed by atoms with Crippen LogP contribution in [0.25, 0.3) is 0 Å². The Bertz CT molecular complexity index is 1170. The number of hydrogen-bond acceptors (Lipinski definition) is 6. The van der Waals surface area contributed by atoms with Crippen LogP contribution in [-0.2, 0) is 14.8 Å².